The number of aromatic nitrogens is 5. The number of carbonyl (C=O) groups excluding carboxylic acids is 1. The molecule has 9 heteroatoms. The molecule has 0 aromatic carbocycles. The van der Waals surface area contributed by atoms with Gasteiger partial charge in [0, 0.05) is 25.5 Å². The van der Waals surface area contributed by atoms with Crippen LogP contribution >= 0.6 is 0 Å². The van der Waals surface area contributed by atoms with Crippen molar-refractivity contribution in [3.05, 3.63) is 30.6 Å². The van der Waals surface area contributed by atoms with Gasteiger partial charge in [0.2, 0.25) is 0 Å². The van der Waals surface area contributed by atoms with Gasteiger partial charge in [0.25, 0.3) is 5.78 Å². The first-order chi connectivity index (χ1) is 8.97. The standard InChI is InChI=1S/C10H10F3N5O/c11-10(12,13)9(19)8-6-18(16-15-8)4-1-3-17-5-2-14-7-17/h2,5-7H,1,3-4H2. The van der Waals surface area contributed by atoms with Crippen molar-refractivity contribution in [1.82, 2.24) is 24.5 Å². The van der Waals surface area contributed by atoms with Crippen molar-refractivity contribution in [2.75, 3.05) is 0 Å². The van der Waals surface area contributed by atoms with Crippen molar-refractivity contribution >= 4 is 5.78 Å². The molecule has 0 aliphatic heterocycles. The summed E-state index contributed by atoms with van der Waals surface area (Å²) in [4.78, 5) is 14.7. The van der Waals surface area contributed by atoms with Crippen molar-refractivity contribution in [3.8, 4) is 0 Å². The molecule has 0 saturated carbocycles. The van der Waals surface area contributed by atoms with Gasteiger partial charge in [-0.25, -0.2) is 4.98 Å². The van der Waals surface area contributed by atoms with Crippen LogP contribution in [0, 0.1) is 0 Å². The first kappa shape index (κ1) is 13.2. The van der Waals surface area contributed by atoms with Crippen LogP contribution in [0.1, 0.15) is 16.9 Å². The number of hydrogen-bond donors (Lipinski definition) is 0. The number of imidazole rings is 1. The molecule has 0 saturated heterocycles. The summed E-state index contributed by atoms with van der Waals surface area (Å²) in [5.74, 6) is -1.98. The van der Waals surface area contributed by atoms with Crippen molar-refractivity contribution in [2.45, 2.75) is 25.7 Å². The number of nitrogens with zero attached hydrogens (tertiary/aromatic N) is 5. The predicted octanol–water partition coefficient (Wildman–Crippen LogP) is 1.31. The number of alkyl halides is 3. The highest BCUT2D eigenvalue weighted by Crippen LogP contribution is 2.19. The molecule has 0 atom stereocenters. The van der Waals surface area contributed by atoms with E-state index in [4.69, 9.17) is 0 Å². The number of rotatable bonds is 5. The van der Waals surface area contributed by atoms with Gasteiger partial charge in [0.1, 0.15) is 0 Å². The Morgan fingerprint density at radius 2 is 2.11 bits per heavy atom. The molecular formula is C10H10F3N5O. The Hall–Kier alpha value is -2.19. The molecule has 19 heavy (non-hydrogen) atoms. The van der Waals surface area contributed by atoms with Gasteiger partial charge in [-0.3, -0.25) is 9.48 Å². The molecule has 2 heterocycles. The maximum Gasteiger partial charge on any atom is 0.456 e. The van der Waals surface area contributed by atoms with E-state index in [0.29, 0.717) is 19.5 Å². The second-order valence-corrected chi connectivity index (χ2v) is 3.85. The Labute approximate surface area is 105 Å². The minimum absolute atomic E-state index is 0.371. The summed E-state index contributed by atoms with van der Waals surface area (Å²) in [6.45, 7) is 1.03. The van der Waals surface area contributed by atoms with Crippen LogP contribution in [0.25, 0.3) is 0 Å². The number of carbonyl (C=O) groups is 1. The minimum Gasteiger partial charge on any atom is -0.337 e. The SMILES string of the molecule is O=C(c1cn(CCCn2ccnc2)nn1)C(F)(F)F. The molecular weight excluding hydrogens is 263 g/mol. The lowest BCUT2D eigenvalue weighted by Crippen LogP contribution is -2.23. The van der Waals surface area contributed by atoms with Crippen LogP contribution in [0.15, 0.2) is 24.9 Å². The molecule has 2 aromatic rings. The van der Waals surface area contributed by atoms with E-state index >= 15 is 0 Å². The van der Waals surface area contributed by atoms with Crippen molar-refractivity contribution in [1.29, 1.82) is 0 Å². The third-order valence-corrected chi connectivity index (χ3v) is 2.39. The Bertz CT molecular complexity index is 546. The zero-order valence-corrected chi connectivity index (χ0v) is 9.71. The Morgan fingerprint density at radius 3 is 2.74 bits per heavy atom. The zero-order chi connectivity index (χ0) is 13.9. The van der Waals surface area contributed by atoms with E-state index < -0.39 is 17.7 Å². The number of halogens is 3. The molecule has 0 bridgehead atoms. The number of Topliss-reactive ketones (excluding diaryl/α,β-unsaturated/α-hetero) is 1. The van der Waals surface area contributed by atoms with Crippen LogP contribution in [-0.2, 0) is 13.1 Å². The highest BCUT2D eigenvalue weighted by Gasteiger charge is 2.41. The smallest absolute Gasteiger partial charge is 0.337 e. The largest absolute Gasteiger partial charge is 0.456 e. The normalized spacial score (nSPS) is 11.7. The average molecular weight is 273 g/mol. The van der Waals surface area contributed by atoms with Gasteiger partial charge in [-0.05, 0) is 6.42 Å². The molecule has 0 amide bonds. The molecule has 0 spiro atoms. The number of ketones is 1. The summed E-state index contributed by atoms with van der Waals surface area (Å²) >= 11 is 0. The highest BCUT2D eigenvalue weighted by molar-refractivity contribution is 5.98. The summed E-state index contributed by atoms with van der Waals surface area (Å²) in [6.07, 6.45) is 1.77. The second-order valence-electron chi connectivity index (χ2n) is 3.85. The van der Waals surface area contributed by atoms with E-state index in [-0.39, 0.29) is 0 Å². The van der Waals surface area contributed by atoms with Crippen LogP contribution in [-0.4, -0.2) is 36.5 Å². The van der Waals surface area contributed by atoms with E-state index in [9.17, 15) is 18.0 Å². The third kappa shape index (κ3) is 3.39. The van der Waals surface area contributed by atoms with E-state index in [0.717, 1.165) is 6.20 Å². The molecule has 0 aliphatic rings. The fourth-order valence-corrected chi connectivity index (χ4v) is 1.49. The highest BCUT2D eigenvalue weighted by atomic mass is 19.4. The monoisotopic (exact) mass is 273 g/mol. The minimum atomic E-state index is -4.92. The lowest BCUT2D eigenvalue weighted by Gasteiger charge is -2.02. The molecule has 6 nitrogen and oxygen atoms in total. The van der Waals surface area contributed by atoms with Gasteiger partial charge in [-0.1, -0.05) is 5.21 Å². The number of hydrogen-bond acceptors (Lipinski definition) is 4. The summed E-state index contributed by atoms with van der Waals surface area (Å²) in [5, 5.41) is 6.71. The van der Waals surface area contributed by atoms with Gasteiger partial charge < -0.3 is 4.57 Å². The second kappa shape index (κ2) is 5.21. The fraction of sp³-hybridized carbons (Fsp3) is 0.400. The predicted molar refractivity (Wildman–Crippen MR) is 57.3 cm³/mol. The summed E-state index contributed by atoms with van der Waals surface area (Å²) in [5.41, 5.74) is -0.685. The first-order valence-electron chi connectivity index (χ1n) is 5.44. The quantitative estimate of drug-likeness (QED) is 0.770. The first-order valence-corrected chi connectivity index (χ1v) is 5.44. The molecule has 0 N–H and O–H groups in total. The van der Waals surface area contributed by atoms with Crippen LogP contribution in [0.5, 0.6) is 0 Å². The van der Waals surface area contributed by atoms with Crippen LogP contribution < -0.4 is 0 Å². The van der Waals surface area contributed by atoms with E-state index in [1.807, 2.05) is 4.57 Å². The average Bonchev–Trinajstić information content (AvgIpc) is 2.97. The molecule has 102 valence electrons. The molecule has 0 fully saturated rings. The molecule has 0 aliphatic carbocycles. The van der Waals surface area contributed by atoms with Crippen LogP contribution in [0.2, 0.25) is 0 Å². The topological polar surface area (TPSA) is 65.6 Å². The van der Waals surface area contributed by atoms with Crippen molar-refractivity contribution in [3.63, 3.8) is 0 Å². The lowest BCUT2D eigenvalue weighted by atomic mass is 10.3. The Kier molecular flexibility index (Phi) is 3.63. The third-order valence-electron chi connectivity index (χ3n) is 2.39. The summed E-state index contributed by atoms with van der Waals surface area (Å²) in [6, 6.07) is 0. The zero-order valence-electron chi connectivity index (χ0n) is 9.71. The van der Waals surface area contributed by atoms with Gasteiger partial charge in [-0.2, -0.15) is 13.2 Å². The van der Waals surface area contributed by atoms with Crippen molar-refractivity contribution in [2.24, 2.45) is 0 Å². The summed E-state index contributed by atoms with van der Waals surface area (Å²) < 4.78 is 39.5. The maximum absolute atomic E-state index is 12.1. The maximum atomic E-state index is 12.1. The van der Waals surface area contributed by atoms with Gasteiger partial charge in [0.05, 0.1) is 12.5 Å². The number of aryl methyl sites for hydroxylation is 2. The Morgan fingerprint density at radius 1 is 1.32 bits per heavy atom. The molecule has 0 unspecified atom stereocenters. The molecule has 2 aromatic heterocycles. The fourth-order valence-electron chi connectivity index (χ4n) is 1.49. The van der Waals surface area contributed by atoms with E-state index in [1.54, 1.807) is 18.7 Å². The summed E-state index contributed by atoms with van der Waals surface area (Å²) in [7, 11) is 0. The van der Waals surface area contributed by atoms with Crippen LogP contribution in [0.4, 0.5) is 13.2 Å². The molecule has 2 rings (SSSR count). The molecule has 0 radical (unpaired) electrons. The van der Waals surface area contributed by atoms with Gasteiger partial charge in [-0.15, -0.1) is 5.10 Å². The van der Waals surface area contributed by atoms with Crippen molar-refractivity contribution < 1.29 is 18.0 Å². The Balaban J connectivity index is 1.89. The van der Waals surface area contributed by atoms with Gasteiger partial charge >= 0.3 is 6.18 Å². The van der Waals surface area contributed by atoms with Crippen LogP contribution in [0.3, 0.4) is 0 Å². The lowest BCUT2D eigenvalue weighted by molar-refractivity contribution is -0.0888. The van der Waals surface area contributed by atoms with E-state index in [1.165, 1.54) is 4.68 Å². The van der Waals surface area contributed by atoms with E-state index in [2.05, 4.69) is 15.3 Å². The van der Waals surface area contributed by atoms with Gasteiger partial charge in [0.15, 0.2) is 5.69 Å².